The van der Waals surface area contributed by atoms with Crippen molar-refractivity contribution >= 4 is 11.8 Å². The number of amides is 2. The zero-order valence-corrected chi connectivity index (χ0v) is 11.7. The van der Waals surface area contributed by atoms with E-state index in [0.29, 0.717) is 12.2 Å². The summed E-state index contributed by atoms with van der Waals surface area (Å²) in [6, 6.07) is 5.47. The van der Waals surface area contributed by atoms with Crippen LogP contribution in [0.25, 0.3) is 0 Å². The summed E-state index contributed by atoms with van der Waals surface area (Å²) in [5.74, 6) is 0.306. The molecule has 1 aromatic heterocycles. The first-order valence-corrected chi connectivity index (χ1v) is 7.19. The van der Waals surface area contributed by atoms with Gasteiger partial charge in [-0.2, -0.15) is 0 Å². The van der Waals surface area contributed by atoms with Crippen LogP contribution in [-0.2, 0) is 11.3 Å². The number of carbonyl (C=O) groups is 2. The van der Waals surface area contributed by atoms with E-state index in [1.54, 1.807) is 11.0 Å². The van der Waals surface area contributed by atoms with E-state index in [2.05, 4.69) is 4.98 Å². The van der Waals surface area contributed by atoms with Crippen molar-refractivity contribution in [2.24, 2.45) is 5.92 Å². The van der Waals surface area contributed by atoms with Crippen LogP contribution in [-0.4, -0.2) is 46.2 Å². The fraction of sp³-hybridized carbons (Fsp3) is 0.533. The van der Waals surface area contributed by atoms with Crippen molar-refractivity contribution in [1.29, 1.82) is 0 Å². The van der Waals surface area contributed by atoms with Gasteiger partial charge < -0.3 is 9.80 Å². The molecule has 0 radical (unpaired) electrons. The van der Waals surface area contributed by atoms with Crippen LogP contribution in [0, 0.1) is 5.92 Å². The number of carbonyl (C=O) groups excluding carboxylic acids is 2. The molecule has 1 unspecified atom stereocenters. The first-order chi connectivity index (χ1) is 9.65. The highest BCUT2D eigenvalue weighted by atomic mass is 16.2. The molecule has 1 atom stereocenters. The summed E-state index contributed by atoms with van der Waals surface area (Å²) in [4.78, 5) is 31.9. The number of hydrogen-bond donors (Lipinski definition) is 0. The van der Waals surface area contributed by atoms with Gasteiger partial charge in [0.15, 0.2) is 0 Å². The minimum atomic E-state index is 0.00709. The first kappa shape index (κ1) is 13.1. The van der Waals surface area contributed by atoms with E-state index in [4.69, 9.17) is 0 Å². The molecule has 20 heavy (non-hydrogen) atoms. The summed E-state index contributed by atoms with van der Waals surface area (Å²) in [7, 11) is 0. The largest absolute Gasteiger partial charge is 0.337 e. The fourth-order valence-corrected chi connectivity index (χ4v) is 2.80. The Balaban J connectivity index is 1.69. The average molecular weight is 273 g/mol. The normalized spacial score (nSPS) is 22.1. The van der Waals surface area contributed by atoms with E-state index < -0.39 is 0 Å². The van der Waals surface area contributed by atoms with Gasteiger partial charge in [-0.25, -0.2) is 4.98 Å². The summed E-state index contributed by atoms with van der Waals surface area (Å²) >= 11 is 0. The van der Waals surface area contributed by atoms with Gasteiger partial charge in [-0.3, -0.25) is 9.59 Å². The van der Waals surface area contributed by atoms with Crippen molar-refractivity contribution in [3.63, 3.8) is 0 Å². The van der Waals surface area contributed by atoms with Crippen LogP contribution >= 0.6 is 0 Å². The lowest BCUT2D eigenvalue weighted by molar-refractivity contribution is -0.147. The Hall–Kier alpha value is -1.91. The van der Waals surface area contributed by atoms with Crippen LogP contribution in [0.4, 0.5) is 0 Å². The quantitative estimate of drug-likeness (QED) is 0.780. The maximum atomic E-state index is 12.3. The van der Waals surface area contributed by atoms with E-state index >= 15 is 0 Å². The zero-order chi connectivity index (χ0) is 14.1. The lowest BCUT2D eigenvalue weighted by Gasteiger charge is -2.36. The van der Waals surface area contributed by atoms with Gasteiger partial charge in [0, 0.05) is 19.6 Å². The molecule has 3 rings (SSSR count). The molecule has 2 aliphatic heterocycles. The summed E-state index contributed by atoms with van der Waals surface area (Å²) in [6.45, 7) is 4.87. The maximum absolute atomic E-state index is 12.3. The minimum Gasteiger partial charge on any atom is -0.337 e. The minimum absolute atomic E-state index is 0.00709. The molecule has 0 N–H and O–H groups in total. The molecule has 106 valence electrons. The molecule has 2 saturated heterocycles. The Bertz CT molecular complexity index is 538. The third kappa shape index (κ3) is 2.40. The second-order valence-corrected chi connectivity index (χ2v) is 5.63. The molecular formula is C15H19N3O2. The maximum Gasteiger partial charge on any atom is 0.272 e. The fourth-order valence-electron chi connectivity index (χ4n) is 2.80. The molecule has 2 aliphatic rings. The van der Waals surface area contributed by atoms with Crippen LogP contribution in [0.5, 0.6) is 0 Å². The number of nitrogens with zero attached hydrogens (tertiary/aromatic N) is 3. The Morgan fingerprint density at radius 2 is 2.10 bits per heavy atom. The second-order valence-electron chi connectivity index (χ2n) is 5.63. The van der Waals surface area contributed by atoms with Crippen molar-refractivity contribution in [1.82, 2.24) is 14.8 Å². The lowest BCUT2D eigenvalue weighted by atomic mass is 10.0. The van der Waals surface area contributed by atoms with Gasteiger partial charge in [-0.05, 0) is 25.0 Å². The van der Waals surface area contributed by atoms with Crippen molar-refractivity contribution < 1.29 is 9.59 Å². The number of likely N-dealkylation sites (tertiary alicyclic amines) is 2. The van der Waals surface area contributed by atoms with Crippen LogP contribution in [0.2, 0.25) is 0 Å². The topological polar surface area (TPSA) is 53.5 Å². The molecule has 3 heterocycles. The van der Waals surface area contributed by atoms with Gasteiger partial charge in [0.25, 0.3) is 5.91 Å². The monoisotopic (exact) mass is 273 g/mol. The van der Waals surface area contributed by atoms with Crippen LogP contribution in [0.15, 0.2) is 18.2 Å². The Labute approximate surface area is 118 Å². The molecular weight excluding hydrogens is 254 g/mol. The molecule has 0 saturated carbocycles. The van der Waals surface area contributed by atoms with Crippen molar-refractivity contribution in [2.75, 3.05) is 19.6 Å². The van der Waals surface area contributed by atoms with Crippen LogP contribution < -0.4 is 0 Å². The Morgan fingerprint density at radius 3 is 2.75 bits per heavy atom. The van der Waals surface area contributed by atoms with E-state index in [-0.39, 0.29) is 17.7 Å². The molecule has 5 nitrogen and oxygen atoms in total. The van der Waals surface area contributed by atoms with Crippen molar-refractivity contribution in [3.05, 3.63) is 29.6 Å². The van der Waals surface area contributed by atoms with E-state index in [9.17, 15) is 9.59 Å². The molecule has 0 aliphatic carbocycles. The smallest absolute Gasteiger partial charge is 0.272 e. The van der Waals surface area contributed by atoms with Crippen molar-refractivity contribution in [2.45, 2.75) is 26.3 Å². The first-order valence-electron chi connectivity index (χ1n) is 7.19. The second kappa shape index (κ2) is 5.23. The molecule has 5 heteroatoms. The van der Waals surface area contributed by atoms with Gasteiger partial charge >= 0.3 is 0 Å². The molecule has 0 bridgehead atoms. The number of rotatable bonds is 3. The Kier molecular flexibility index (Phi) is 3.42. The summed E-state index contributed by atoms with van der Waals surface area (Å²) in [5.41, 5.74) is 1.28. The molecule has 2 fully saturated rings. The predicted molar refractivity (Wildman–Crippen MR) is 74.0 cm³/mol. The molecule has 1 aromatic rings. The Morgan fingerprint density at radius 1 is 1.35 bits per heavy atom. The van der Waals surface area contributed by atoms with Crippen LogP contribution in [0.1, 0.15) is 35.9 Å². The third-order valence-electron chi connectivity index (χ3n) is 4.00. The van der Waals surface area contributed by atoms with E-state index in [1.807, 2.05) is 24.0 Å². The molecule has 2 amide bonds. The van der Waals surface area contributed by atoms with Crippen LogP contribution in [0.3, 0.4) is 0 Å². The third-order valence-corrected chi connectivity index (χ3v) is 4.00. The number of aromatic nitrogens is 1. The SMILES string of the molecule is CC1CN(Cc2cccc(C(=O)N3CCCC3)n2)C1=O. The van der Waals surface area contributed by atoms with Gasteiger partial charge in [-0.1, -0.05) is 13.0 Å². The van der Waals surface area contributed by atoms with Gasteiger partial charge in [0.1, 0.15) is 5.69 Å². The highest BCUT2D eigenvalue weighted by Gasteiger charge is 2.32. The molecule has 0 aromatic carbocycles. The molecule has 0 spiro atoms. The van der Waals surface area contributed by atoms with E-state index in [1.165, 1.54) is 0 Å². The summed E-state index contributed by atoms with van der Waals surface area (Å²) in [6.07, 6.45) is 2.15. The zero-order valence-electron chi connectivity index (χ0n) is 11.7. The van der Waals surface area contributed by atoms with Gasteiger partial charge in [0.05, 0.1) is 18.2 Å². The summed E-state index contributed by atoms with van der Waals surface area (Å²) in [5, 5.41) is 0. The average Bonchev–Trinajstić information content (AvgIpc) is 3.00. The lowest BCUT2D eigenvalue weighted by Crippen LogP contribution is -2.50. The highest BCUT2D eigenvalue weighted by Crippen LogP contribution is 2.19. The number of pyridine rings is 1. The van der Waals surface area contributed by atoms with Gasteiger partial charge in [0.2, 0.25) is 5.91 Å². The van der Waals surface area contributed by atoms with Gasteiger partial charge in [-0.15, -0.1) is 0 Å². The predicted octanol–water partition coefficient (Wildman–Crippen LogP) is 1.30. The highest BCUT2D eigenvalue weighted by molar-refractivity contribution is 5.92. The number of β-lactam (4-membered cyclic amide) rings is 1. The van der Waals surface area contributed by atoms with E-state index in [0.717, 1.165) is 38.2 Å². The summed E-state index contributed by atoms with van der Waals surface area (Å²) < 4.78 is 0. The standard InChI is InChI=1S/C15H19N3O2/c1-11-9-18(14(11)19)10-12-5-4-6-13(16-12)15(20)17-7-2-3-8-17/h4-6,11H,2-3,7-10H2,1H3. The van der Waals surface area contributed by atoms with Crippen molar-refractivity contribution in [3.8, 4) is 0 Å². The number of hydrogen-bond acceptors (Lipinski definition) is 3.